The second kappa shape index (κ2) is 9.69. The Morgan fingerprint density at radius 3 is 2.78 bits per heavy atom. The molecule has 2 saturated carbocycles. The third-order valence-corrected chi connectivity index (χ3v) is 8.70. The highest BCUT2D eigenvalue weighted by Gasteiger charge is 2.52. The van der Waals surface area contributed by atoms with E-state index in [0.717, 1.165) is 65.0 Å². The third kappa shape index (κ3) is 4.60. The Kier molecular flexibility index (Phi) is 6.40. The highest BCUT2D eigenvalue weighted by atomic mass is 35.5. The Hall–Kier alpha value is -2.61. The lowest BCUT2D eigenvalue weighted by Crippen LogP contribution is -2.32. The summed E-state index contributed by atoms with van der Waals surface area (Å²) >= 11 is 8.25. The highest BCUT2D eigenvalue weighted by molar-refractivity contribution is 7.15. The number of anilines is 1. The Morgan fingerprint density at radius 1 is 1.22 bits per heavy atom. The van der Waals surface area contributed by atoms with E-state index >= 15 is 0 Å². The number of rotatable bonds is 10. The number of nitrogens with zero attached hydrogens (tertiary/aromatic N) is 2. The molecule has 1 unspecified atom stereocenters. The smallest absolute Gasteiger partial charge is 0.236 e. The fourth-order valence-electron chi connectivity index (χ4n) is 5.13. The molecule has 1 amide bonds. The number of thiazole rings is 1. The lowest BCUT2D eigenvalue weighted by atomic mass is 9.94. The number of fused-ring (bicyclic) bond motifs is 1. The zero-order chi connectivity index (χ0) is 24.7. The molecule has 0 saturated heterocycles. The fourth-order valence-corrected chi connectivity index (χ4v) is 6.33. The number of benzene rings is 2. The molecule has 6 nitrogen and oxygen atoms in total. The summed E-state index contributed by atoms with van der Waals surface area (Å²) < 4.78 is 11.0. The summed E-state index contributed by atoms with van der Waals surface area (Å²) in [6.07, 6.45) is 7.18. The molecule has 188 valence electrons. The van der Waals surface area contributed by atoms with Gasteiger partial charge < -0.3 is 14.8 Å². The van der Waals surface area contributed by atoms with Crippen molar-refractivity contribution in [3.8, 4) is 11.5 Å². The SMILES string of the molecule is CCCN(CC1CC1)C(c1cnc(NC(=O)C2(c3ccc4c(c3)OCO4)CC2)s1)c1ccccc1Cl. The first-order valence-corrected chi connectivity index (χ1v) is 13.9. The van der Waals surface area contributed by atoms with Crippen LogP contribution in [-0.4, -0.2) is 35.7 Å². The van der Waals surface area contributed by atoms with E-state index in [-0.39, 0.29) is 18.7 Å². The van der Waals surface area contributed by atoms with Gasteiger partial charge in [0, 0.05) is 22.6 Å². The first kappa shape index (κ1) is 23.8. The third-order valence-electron chi connectivity index (χ3n) is 7.39. The van der Waals surface area contributed by atoms with Crippen molar-refractivity contribution >= 4 is 34.0 Å². The molecule has 2 heterocycles. The van der Waals surface area contributed by atoms with Crippen LogP contribution in [0, 0.1) is 5.92 Å². The van der Waals surface area contributed by atoms with Gasteiger partial charge in [-0.15, -0.1) is 0 Å². The van der Waals surface area contributed by atoms with Crippen molar-refractivity contribution in [3.05, 3.63) is 69.7 Å². The van der Waals surface area contributed by atoms with Crippen molar-refractivity contribution in [2.75, 3.05) is 25.2 Å². The van der Waals surface area contributed by atoms with Gasteiger partial charge in [-0.2, -0.15) is 0 Å². The van der Waals surface area contributed by atoms with Gasteiger partial charge in [-0.1, -0.05) is 54.1 Å². The summed E-state index contributed by atoms with van der Waals surface area (Å²) in [6.45, 7) is 4.48. The number of nitrogens with one attached hydrogen (secondary N) is 1. The average Bonchev–Trinajstić information content (AvgIpc) is 3.78. The number of halogens is 1. The second-order valence-corrected chi connectivity index (χ2v) is 11.5. The molecule has 1 aliphatic heterocycles. The summed E-state index contributed by atoms with van der Waals surface area (Å²) in [4.78, 5) is 21.7. The van der Waals surface area contributed by atoms with Gasteiger partial charge >= 0.3 is 0 Å². The molecule has 8 heteroatoms. The van der Waals surface area contributed by atoms with E-state index in [1.165, 1.54) is 12.8 Å². The number of carbonyl (C=O) groups excluding carboxylic acids is 1. The number of hydrogen-bond acceptors (Lipinski definition) is 6. The normalized spacial score (nSPS) is 18.3. The van der Waals surface area contributed by atoms with Gasteiger partial charge in [-0.25, -0.2) is 4.98 Å². The van der Waals surface area contributed by atoms with Gasteiger partial charge in [-0.3, -0.25) is 9.69 Å². The molecule has 36 heavy (non-hydrogen) atoms. The maximum absolute atomic E-state index is 13.4. The van der Waals surface area contributed by atoms with Crippen molar-refractivity contribution in [3.63, 3.8) is 0 Å². The van der Waals surface area contributed by atoms with Crippen molar-refractivity contribution in [1.29, 1.82) is 0 Å². The first-order valence-electron chi connectivity index (χ1n) is 12.7. The monoisotopic (exact) mass is 523 g/mol. The minimum absolute atomic E-state index is 0.0139. The molecule has 6 rings (SSSR count). The van der Waals surface area contributed by atoms with E-state index in [0.29, 0.717) is 10.9 Å². The highest BCUT2D eigenvalue weighted by Crippen LogP contribution is 2.51. The zero-order valence-electron chi connectivity index (χ0n) is 20.3. The molecule has 1 atom stereocenters. The molecular formula is C28H30ClN3O3S. The van der Waals surface area contributed by atoms with E-state index in [2.05, 4.69) is 28.2 Å². The summed E-state index contributed by atoms with van der Waals surface area (Å²) in [5, 5.41) is 4.51. The Morgan fingerprint density at radius 2 is 2.03 bits per heavy atom. The molecule has 1 N–H and O–H groups in total. The zero-order valence-corrected chi connectivity index (χ0v) is 21.9. The molecule has 0 bridgehead atoms. The molecule has 2 aliphatic carbocycles. The topological polar surface area (TPSA) is 63.7 Å². The van der Waals surface area contributed by atoms with Crippen LogP contribution in [0.1, 0.15) is 61.1 Å². The van der Waals surface area contributed by atoms with E-state index in [1.54, 1.807) is 11.3 Å². The van der Waals surface area contributed by atoms with Crippen molar-refractivity contribution in [2.45, 2.75) is 50.5 Å². The predicted octanol–water partition coefficient (Wildman–Crippen LogP) is 6.41. The number of carbonyl (C=O) groups is 1. The van der Waals surface area contributed by atoms with Crippen LogP contribution in [0.2, 0.25) is 5.02 Å². The van der Waals surface area contributed by atoms with Crippen molar-refractivity contribution < 1.29 is 14.3 Å². The number of aromatic nitrogens is 1. The minimum atomic E-state index is -0.533. The van der Waals surface area contributed by atoms with Crippen LogP contribution in [-0.2, 0) is 10.2 Å². The van der Waals surface area contributed by atoms with E-state index in [4.69, 9.17) is 21.1 Å². The van der Waals surface area contributed by atoms with Crippen LogP contribution in [0.25, 0.3) is 0 Å². The quantitative estimate of drug-likeness (QED) is 0.333. The standard InChI is InChI=1S/C28H30ClN3O3S/c1-2-13-32(16-18-7-8-18)25(20-5-3-4-6-21(20)29)24-15-30-27(36-24)31-26(33)28(11-12-28)19-9-10-22-23(14-19)35-17-34-22/h3-6,9-10,14-15,18,25H,2,7-8,11-13,16-17H2,1H3,(H,30,31,33). The maximum atomic E-state index is 13.4. The molecule has 3 aromatic rings. The van der Waals surface area contributed by atoms with Crippen LogP contribution in [0.15, 0.2) is 48.7 Å². The van der Waals surface area contributed by atoms with Crippen LogP contribution < -0.4 is 14.8 Å². The fraction of sp³-hybridized carbons (Fsp3) is 0.429. The van der Waals surface area contributed by atoms with E-state index in [1.807, 2.05) is 42.6 Å². The molecule has 2 fully saturated rings. The van der Waals surface area contributed by atoms with Crippen molar-refractivity contribution in [1.82, 2.24) is 9.88 Å². The summed E-state index contributed by atoms with van der Waals surface area (Å²) in [5.74, 6) is 2.18. The Bertz CT molecular complexity index is 1270. The van der Waals surface area contributed by atoms with Gasteiger partial charge in [0.2, 0.25) is 12.7 Å². The lowest BCUT2D eigenvalue weighted by molar-refractivity contribution is -0.118. The Labute approximate surface area is 220 Å². The minimum Gasteiger partial charge on any atom is -0.454 e. The van der Waals surface area contributed by atoms with Gasteiger partial charge in [-0.05, 0) is 73.9 Å². The maximum Gasteiger partial charge on any atom is 0.236 e. The van der Waals surface area contributed by atoms with Crippen LogP contribution in [0.4, 0.5) is 5.13 Å². The average molecular weight is 524 g/mol. The second-order valence-electron chi connectivity index (χ2n) is 10.0. The van der Waals surface area contributed by atoms with Gasteiger partial charge in [0.15, 0.2) is 16.6 Å². The largest absolute Gasteiger partial charge is 0.454 e. The van der Waals surface area contributed by atoms with Gasteiger partial charge in [0.1, 0.15) is 0 Å². The van der Waals surface area contributed by atoms with E-state index in [9.17, 15) is 4.79 Å². The summed E-state index contributed by atoms with van der Waals surface area (Å²) in [7, 11) is 0. The molecule has 0 spiro atoms. The van der Waals surface area contributed by atoms with Gasteiger partial charge in [0.25, 0.3) is 0 Å². The molecule has 3 aliphatic rings. The van der Waals surface area contributed by atoms with Crippen LogP contribution in [0.5, 0.6) is 11.5 Å². The molecule has 0 radical (unpaired) electrons. The number of hydrogen-bond donors (Lipinski definition) is 1. The van der Waals surface area contributed by atoms with Crippen LogP contribution in [0.3, 0.4) is 0 Å². The predicted molar refractivity (Wildman–Crippen MR) is 142 cm³/mol. The first-order chi connectivity index (χ1) is 17.6. The molecule has 2 aromatic carbocycles. The molecular weight excluding hydrogens is 494 g/mol. The molecule has 1 aromatic heterocycles. The summed E-state index contributed by atoms with van der Waals surface area (Å²) in [5.41, 5.74) is 1.53. The van der Waals surface area contributed by atoms with Crippen LogP contribution >= 0.6 is 22.9 Å². The van der Waals surface area contributed by atoms with Crippen molar-refractivity contribution in [2.24, 2.45) is 5.92 Å². The lowest BCUT2D eigenvalue weighted by Gasteiger charge is -2.31. The summed E-state index contributed by atoms with van der Waals surface area (Å²) in [6, 6.07) is 13.9. The number of amides is 1. The van der Waals surface area contributed by atoms with Gasteiger partial charge in [0.05, 0.1) is 11.5 Å². The van der Waals surface area contributed by atoms with E-state index < -0.39 is 5.41 Å². The Balaban J connectivity index is 1.25. The number of ether oxygens (including phenoxy) is 2.